The van der Waals surface area contributed by atoms with E-state index < -0.39 is 0 Å². The molecule has 1 aromatic rings. The average molecular weight is 204 g/mol. The van der Waals surface area contributed by atoms with Crippen molar-refractivity contribution in [1.82, 2.24) is 0 Å². The molecule has 0 atom stereocenters. The van der Waals surface area contributed by atoms with Crippen LogP contribution in [0.3, 0.4) is 0 Å². The number of rotatable bonds is 5. The van der Waals surface area contributed by atoms with Crippen LogP contribution in [0.25, 0.3) is 0 Å². The van der Waals surface area contributed by atoms with Crippen molar-refractivity contribution < 1.29 is 4.39 Å². The predicted octanol–water partition coefficient (Wildman–Crippen LogP) is 3.08. The third-order valence-corrected chi connectivity index (χ3v) is 2.00. The fourth-order valence-electron chi connectivity index (χ4n) is 1.20. The molecule has 0 aliphatic carbocycles. The van der Waals surface area contributed by atoms with Gasteiger partial charge in [-0.15, -0.1) is 6.58 Å². The number of anilines is 1. The van der Waals surface area contributed by atoms with Gasteiger partial charge in [0.2, 0.25) is 0 Å². The molecule has 1 rings (SSSR count). The summed E-state index contributed by atoms with van der Waals surface area (Å²) in [5.41, 5.74) is 0.780. The maximum atomic E-state index is 13.3. The number of nitriles is 1. The molecule has 0 saturated carbocycles. The first-order chi connectivity index (χ1) is 7.27. The summed E-state index contributed by atoms with van der Waals surface area (Å²) in [6, 6.07) is 6.30. The van der Waals surface area contributed by atoms with E-state index in [1.807, 2.05) is 12.1 Å². The maximum Gasteiger partial charge on any atom is 0.147 e. The van der Waals surface area contributed by atoms with E-state index in [0.29, 0.717) is 17.8 Å². The van der Waals surface area contributed by atoms with E-state index in [1.165, 1.54) is 6.07 Å². The van der Waals surface area contributed by atoms with Gasteiger partial charge in [-0.2, -0.15) is 5.26 Å². The van der Waals surface area contributed by atoms with E-state index >= 15 is 0 Å². The normalized spacial score (nSPS) is 9.33. The van der Waals surface area contributed by atoms with Crippen molar-refractivity contribution in [2.45, 2.75) is 12.8 Å². The minimum atomic E-state index is -0.382. The Balaban J connectivity index is 2.55. The van der Waals surface area contributed by atoms with E-state index in [-0.39, 0.29) is 5.82 Å². The summed E-state index contributed by atoms with van der Waals surface area (Å²) in [5.74, 6) is -0.382. The first kappa shape index (κ1) is 11.3. The third-order valence-electron chi connectivity index (χ3n) is 2.00. The van der Waals surface area contributed by atoms with E-state index in [2.05, 4.69) is 11.9 Å². The highest BCUT2D eigenvalue weighted by Gasteiger charge is 2.01. The molecule has 0 heterocycles. The lowest BCUT2D eigenvalue weighted by molar-refractivity contribution is 0.629. The van der Waals surface area contributed by atoms with E-state index in [1.54, 1.807) is 12.1 Å². The van der Waals surface area contributed by atoms with Crippen LogP contribution in [-0.4, -0.2) is 6.54 Å². The second-order valence-electron chi connectivity index (χ2n) is 3.16. The standard InChI is InChI=1S/C12H13FN2/c1-2-3-4-7-15-12-6-5-10(9-14)8-11(12)13/h2,5-6,8,15H,1,3-4,7H2. The molecule has 0 unspecified atom stereocenters. The van der Waals surface area contributed by atoms with Gasteiger partial charge in [-0.1, -0.05) is 6.08 Å². The van der Waals surface area contributed by atoms with Crippen LogP contribution >= 0.6 is 0 Å². The molecule has 0 spiro atoms. The van der Waals surface area contributed by atoms with E-state index in [9.17, 15) is 4.39 Å². The molecule has 0 fully saturated rings. The van der Waals surface area contributed by atoms with Gasteiger partial charge < -0.3 is 5.32 Å². The Kier molecular flexibility index (Phi) is 4.36. The summed E-state index contributed by atoms with van der Waals surface area (Å²) in [6.07, 6.45) is 3.66. The molecule has 1 N–H and O–H groups in total. The van der Waals surface area contributed by atoms with Crippen LogP contribution in [0.15, 0.2) is 30.9 Å². The summed E-state index contributed by atoms with van der Waals surface area (Å²) in [4.78, 5) is 0. The zero-order valence-corrected chi connectivity index (χ0v) is 8.46. The van der Waals surface area contributed by atoms with Crippen molar-refractivity contribution >= 4 is 5.69 Å². The zero-order valence-electron chi connectivity index (χ0n) is 8.46. The fraction of sp³-hybridized carbons (Fsp3) is 0.250. The molecule has 78 valence electrons. The highest BCUT2D eigenvalue weighted by molar-refractivity contribution is 5.48. The SMILES string of the molecule is C=CCCCNc1ccc(C#N)cc1F. The number of hydrogen-bond donors (Lipinski definition) is 1. The Morgan fingerprint density at radius 3 is 2.93 bits per heavy atom. The van der Waals surface area contributed by atoms with Crippen LogP contribution in [0, 0.1) is 17.1 Å². The molecule has 0 aliphatic rings. The third kappa shape index (κ3) is 3.43. The number of nitrogens with zero attached hydrogens (tertiary/aromatic N) is 1. The summed E-state index contributed by atoms with van der Waals surface area (Å²) < 4.78 is 13.3. The molecule has 2 nitrogen and oxygen atoms in total. The van der Waals surface area contributed by atoms with Crippen LogP contribution in [-0.2, 0) is 0 Å². The van der Waals surface area contributed by atoms with Crippen LogP contribution in [0.1, 0.15) is 18.4 Å². The number of hydrogen-bond acceptors (Lipinski definition) is 2. The Morgan fingerprint density at radius 2 is 2.33 bits per heavy atom. The summed E-state index contributed by atoms with van der Waals surface area (Å²) in [6.45, 7) is 4.31. The monoisotopic (exact) mass is 204 g/mol. The molecule has 0 bridgehead atoms. The van der Waals surface area contributed by atoms with Crippen molar-refractivity contribution in [3.63, 3.8) is 0 Å². The van der Waals surface area contributed by atoms with Gasteiger partial charge >= 0.3 is 0 Å². The Morgan fingerprint density at radius 1 is 1.53 bits per heavy atom. The number of unbranched alkanes of at least 4 members (excludes halogenated alkanes) is 1. The van der Waals surface area contributed by atoms with E-state index in [4.69, 9.17) is 5.26 Å². The Labute approximate surface area is 89.0 Å². The minimum Gasteiger partial charge on any atom is -0.383 e. The molecule has 0 aromatic heterocycles. The molecule has 0 radical (unpaired) electrons. The minimum absolute atomic E-state index is 0.337. The highest BCUT2D eigenvalue weighted by atomic mass is 19.1. The van der Waals surface area contributed by atoms with Crippen LogP contribution < -0.4 is 5.32 Å². The predicted molar refractivity (Wildman–Crippen MR) is 59.0 cm³/mol. The van der Waals surface area contributed by atoms with Gasteiger partial charge in [0.05, 0.1) is 17.3 Å². The molecular formula is C12H13FN2. The van der Waals surface area contributed by atoms with Crippen LogP contribution in [0.2, 0.25) is 0 Å². The van der Waals surface area contributed by atoms with Crippen molar-refractivity contribution in [2.24, 2.45) is 0 Å². The molecule has 3 heteroatoms. The van der Waals surface area contributed by atoms with Gasteiger partial charge in [0.15, 0.2) is 0 Å². The first-order valence-corrected chi connectivity index (χ1v) is 4.82. The largest absolute Gasteiger partial charge is 0.383 e. The number of nitrogens with one attached hydrogen (secondary N) is 1. The second-order valence-corrected chi connectivity index (χ2v) is 3.16. The molecule has 15 heavy (non-hydrogen) atoms. The molecule has 0 amide bonds. The van der Waals surface area contributed by atoms with Crippen molar-refractivity contribution in [3.05, 3.63) is 42.2 Å². The van der Waals surface area contributed by atoms with E-state index in [0.717, 1.165) is 12.8 Å². The lowest BCUT2D eigenvalue weighted by Crippen LogP contribution is -2.02. The molecule has 0 saturated heterocycles. The smallest absolute Gasteiger partial charge is 0.147 e. The summed E-state index contributed by atoms with van der Waals surface area (Å²) in [7, 11) is 0. The zero-order chi connectivity index (χ0) is 11.1. The van der Waals surface area contributed by atoms with Crippen molar-refractivity contribution in [1.29, 1.82) is 5.26 Å². The second kappa shape index (κ2) is 5.82. The van der Waals surface area contributed by atoms with Gasteiger partial charge in [-0.05, 0) is 31.0 Å². The van der Waals surface area contributed by atoms with Crippen molar-refractivity contribution in [3.8, 4) is 6.07 Å². The number of benzene rings is 1. The Bertz CT molecular complexity index is 380. The van der Waals surface area contributed by atoms with Gasteiger partial charge in [0, 0.05) is 6.54 Å². The first-order valence-electron chi connectivity index (χ1n) is 4.82. The topological polar surface area (TPSA) is 35.8 Å². The quantitative estimate of drug-likeness (QED) is 0.591. The molecule has 1 aromatic carbocycles. The van der Waals surface area contributed by atoms with Gasteiger partial charge in [-0.25, -0.2) is 4.39 Å². The Hall–Kier alpha value is -1.82. The van der Waals surface area contributed by atoms with Gasteiger partial charge in [0.1, 0.15) is 5.82 Å². The maximum absolute atomic E-state index is 13.3. The average Bonchev–Trinajstić information content (AvgIpc) is 2.26. The van der Waals surface area contributed by atoms with Crippen LogP contribution in [0.5, 0.6) is 0 Å². The highest BCUT2D eigenvalue weighted by Crippen LogP contribution is 2.15. The molecule has 0 aliphatic heterocycles. The van der Waals surface area contributed by atoms with Crippen LogP contribution in [0.4, 0.5) is 10.1 Å². The van der Waals surface area contributed by atoms with Crippen molar-refractivity contribution in [2.75, 3.05) is 11.9 Å². The lowest BCUT2D eigenvalue weighted by Gasteiger charge is -2.06. The van der Waals surface area contributed by atoms with Gasteiger partial charge in [-0.3, -0.25) is 0 Å². The number of halogens is 1. The fourth-order valence-corrected chi connectivity index (χ4v) is 1.20. The summed E-state index contributed by atoms with van der Waals surface area (Å²) >= 11 is 0. The van der Waals surface area contributed by atoms with Gasteiger partial charge in [0.25, 0.3) is 0 Å². The lowest BCUT2D eigenvalue weighted by atomic mass is 10.2. The summed E-state index contributed by atoms with van der Waals surface area (Å²) in [5, 5.41) is 11.5. The molecular weight excluding hydrogens is 191 g/mol. The number of allylic oxidation sites excluding steroid dienone is 1.